The maximum Gasteiger partial charge on any atom is 0.107 e. The molecule has 0 spiro atoms. The third kappa shape index (κ3) is 4.13. The van der Waals surface area contributed by atoms with Crippen LogP contribution in [0, 0.1) is 0 Å². The van der Waals surface area contributed by atoms with Crippen LogP contribution in [0.4, 0.5) is 5.69 Å². The first-order valence-electron chi connectivity index (χ1n) is 6.66. The largest absolute Gasteiger partial charge is 0.389 e. The van der Waals surface area contributed by atoms with Crippen molar-refractivity contribution < 1.29 is 0 Å². The van der Waals surface area contributed by atoms with Gasteiger partial charge in [-0.1, -0.05) is 55.0 Å². The molecular weight excluding hydrogens is 320 g/mol. The zero-order valence-electron chi connectivity index (χ0n) is 11.7. The zero-order chi connectivity index (χ0) is 15.2. The lowest BCUT2D eigenvalue weighted by atomic mass is 10.1. The van der Waals surface area contributed by atoms with E-state index < -0.39 is 0 Å². The number of benzene rings is 2. The summed E-state index contributed by atoms with van der Waals surface area (Å²) in [5.41, 5.74) is 8.79. The number of thiocarbonyl (C=S) groups is 1. The summed E-state index contributed by atoms with van der Waals surface area (Å²) in [7, 11) is 0. The SMILES string of the molecule is CCSc1cccc(NCc2ccccc2Cl)c1C(N)=S. The summed E-state index contributed by atoms with van der Waals surface area (Å²) < 4.78 is 0. The van der Waals surface area contributed by atoms with Crippen LogP contribution in [0.5, 0.6) is 0 Å². The highest BCUT2D eigenvalue weighted by atomic mass is 35.5. The van der Waals surface area contributed by atoms with E-state index in [0.29, 0.717) is 11.5 Å². The maximum absolute atomic E-state index is 6.18. The van der Waals surface area contributed by atoms with Crippen LogP contribution in [0.2, 0.25) is 5.02 Å². The lowest BCUT2D eigenvalue weighted by Crippen LogP contribution is -2.14. The first kappa shape index (κ1) is 16.1. The topological polar surface area (TPSA) is 38.0 Å². The molecular formula is C16H17ClN2S2. The van der Waals surface area contributed by atoms with Gasteiger partial charge in [0.15, 0.2) is 0 Å². The second kappa shape index (κ2) is 7.69. The highest BCUT2D eigenvalue weighted by Crippen LogP contribution is 2.29. The predicted molar refractivity (Wildman–Crippen MR) is 97.5 cm³/mol. The van der Waals surface area contributed by atoms with Gasteiger partial charge in [0.05, 0.1) is 0 Å². The van der Waals surface area contributed by atoms with Gasteiger partial charge >= 0.3 is 0 Å². The van der Waals surface area contributed by atoms with Gasteiger partial charge in [-0.15, -0.1) is 11.8 Å². The third-order valence-corrected chi connectivity index (χ3v) is 4.51. The van der Waals surface area contributed by atoms with Crippen LogP contribution in [-0.2, 0) is 6.54 Å². The molecule has 0 aromatic heterocycles. The number of nitrogens with two attached hydrogens (primary N) is 1. The Bertz CT molecular complexity index is 644. The summed E-state index contributed by atoms with van der Waals surface area (Å²) in [6.45, 7) is 2.74. The molecule has 5 heteroatoms. The Kier molecular flexibility index (Phi) is 5.91. The van der Waals surface area contributed by atoms with Crippen LogP contribution in [-0.4, -0.2) is 10.7 Å². The van der Waals surface area contributed by atoms with E-state index in [1.807, 2.05) is 42.5 Å². The molecule has 0 atom stereocenters. The molecule has 2 aromatic rings. The number of halogens is 1. The van der Waals surface area contributed by atoms with E-state index in [4.69, 9.17) is 29.6 Å². The van der Waals surface area contributed by atoms with Gasteiger partial charge in [0.2, 0.25) is 0 Å². The van der Waals surface area contributed by atoms with Crippen molar-refractivity contribution in [2.45, 2.75) is 18.4 Å². The van der Waals surface area contributed by atoms with E-state index in [0.717, 1.165) is 32.5 Å². The molecule has 0 saturated carbocycles. The molecule has 0 aliphatic heterocycles. The Morgan fingerprint density at radius 2 is 2.00 bits per heavy atom. The van der Waals surface area contributed by atoms with E-state index in [9.17, 15) is 0 Å². The second-order valence-corrected chi connectivity index (χ2v) is 6.57. The van der Waals surface area contributed by atoms with Crippen LogP contribution in [0.3, 0.4) is 0 Å². The fourth-order valence-electron chi connectivity index (χ4n) is 2.04. The van der Waals surface area contributed by atoms with Crippen molar-refractivity contribution >= 4 is 46.3 Å². The molecule has 0 radical (unpaired) electrons. The average molecular weight is 337 g/mol. The van der Waals surface area contributed by atoms with Crippen molar-refractivity contribution in [1.29, 1.82) is 0 Å². The molecule has 110 valence electrons. The average Bonchev–Trinajstić information content (AvgIpc) is 2.46. The molecule has 0 aliphatic rings. The minimum absolute atomic E-state index is 0.410. The van der Waals surface area contributed by atoms with Crippen molar-refractivity contribution in [3.8, 4) is 0 Å². The number of hydrogen-bond acceptors (Lipinski definition) is 3. The van der Waals surface area contributed by atoms with Crippen LogP contribution in [0.15, 0.2) is 47.4 Å². The lowest BCUT2D eigenvalue weighted by molar-refractivity contribution is 1.14. The summed E-state index contributed by atoms with van der Waals surface area (Å²) in [4.78, 5) is 1.52. The molecule has 0 fully saturated rings. The van der Waals surface area contributed by atoms with Crippen LogP contribution in [0.1, 0.15) is 18.1 Å². The van der Waals surface area contributed by atoms with Crippen molar-refractivity contribution in [2.75, 3.05) is 11.1 Å². The molecule has 0 aliphatic carbocycles. The van der Waals surface area contributed by atoms with E-state index in [-0.39, 0.29) is 0 Å². The van der Waals surface area contributed by atoms with E-state index in [1.165, 1.54) is 0 Å². The van der Waals surface area contributed by atoms with Gasteiger partial charge in [0.1, 0.15) is 4.99 Å². The fraction of sp³-hybridized carbons (Fsp3) is 0.188. The molecule has 0 unspecified atom stereocenters. The van der Waals surface area contributed by atoms with Crippen LogP contribution in [0.25, 0.3) is 0 Å². The minimum Gasteiger partial charge on any atom is -0.389 e. The third-order valence-electron chi connectivity index (χ3n) is 3.00. The maximum atomic E-state index is 6.18. The van der Waals surface area contributed by atoms with Gasteiger partial charge in [-0.25, -0.2) is 0 Å². The normalized spacial score (nSPS) is 10.4. The Labute approximate surface area is 140 Å². The summed E-state index contributed by atoms with van der Waals surface area (Å²) in [5, 5.41) is 4.14. The smallest absolute Gasteiger partial charge is 0.107 e. The molecule has 0 amide bonds. The van der Waals surface area contributed by atoms with Crippen LogP contribution < -0.4 is 11.1 Å². The molecule has 2 rings (SSSR count). The predicted octanol–water partition coefficient (Wildman–Crippen LogP) is 4.70. The fourth-order valence-corrected chi connectivity index (χ4v) is 3.38. The summed E-state index contributed by atoms with van der Waals surface area (Å²) >= 11 is 13.1. The van der Waals surface area contributed by atoms with Crippen molar-refractivity contribution in [3.05, 3.63) is 58.6 Å². The van der Waals surface area contributed by atoms with Crippen molar-refractivity contribution in [3.63, 3.8) is 0 Å². The van der Waals surface area contributed by atoms with Gasteiger partial charge < -0.3 is 11.1 Å². The Morgan fingerprint density at radius 1 is 1.24 bits per heavy atom. The molecule has 0 bridgehead atoms. The lowest BCUT2D eigenvalue weighted by Gasteiger charge is -2.15. The molecule has 3 N–H and O–H groups in total. The second-order valence-electron chi connectivity index (χ2n) is 4.42. The number of thioether (sulfide) groups is 1. The van der Waals surface area contributed by atoms with Crippen molar-refractivity contribution in [1.82, 2.24) is 0 Å². The van der Waals surface area contributed by atoms with Gasteiger partial charge in [-0.05, 0) is 29.5 Å². The minimum atomic E-state index is 0.410. The Morgan fingerprint density at radius 3 is 2.67 bits per heavy atom. The molecule has 2 aromatic carbocycles. The van der Waals surface area contributed by atoms with Gasteiger partial charge in [-0.3, -0.25) is 0 Å². The number of anilines is 1. The molecule has 0 heterocycles. The monoisotopic (exact) mass is 336 g/mol. The van der Waals surface area contributed by atoms with Gasteiger partial charge in [-0.2, -0.15) is 0 Å². The highest BCUT2D eigenvalue weighted by Gasteiger charge is 2.11. The van der Waals surface area contributed by atoms with Gasteiger partial charge in [0, 0.05) is 27.7 Å². The first-order valence-corrected chi connectivity index (χ1v) is 8.43. The van der Waals surface area contributed by atoms with Gasteiger partial charge in [0.25, 0.3) is 0 Å². The molecule has 21 heavy (non-hydrogen) atoms. The number of nitrogens with one attached hydrogen (secondary N) is 1. The summed E-state index contributed by atoms with van der Waals surface area (Å²) in [6, 6.07) is 13.8. The standard InChI is InChI=1S/C16H17ClN2S2/c1-2-21-14-9-5-8-13(15(14)16(18)20)19-10-11-6-3-4-7-12(11)17/h3-9,19H,2,10H2,1H3,(H2,18,20). The highest BCUT2D eigenvalue weighted by molar-refractivity contribution is 7.99. The van der Waals surface area contributed by atoms with Crippen molar-refractivity contribution in [2.24, 2.45) is 5.73 Å². The Hall–Kier alpha value is -1.23. The summed E-state index contributed by atoms with van der Waals surface area (Å²) in [6.07, 6.45) is 0. The van der Waals surface area contributed by atoms with E-state index in [1.54, 1.807) is 11.8 Å². The Balaban J connectivity index is 2.25. The summed E-state index contributed by atoms with van der Waals surface area (Å²) in [5.74, 6) is 0.976. The number of rotatable bonds is 6. The molecule has 0 saturated heterocycles. The van der Waals surface area contributed by atoms with E-state index >= 15 is 0 Å². The zero-order valence-corrected chi connectivity index (χ0v) is 14.1. The number of hydrogen-bond donors (Lipinski definition) is 2. The first-order chi connectivity index (χ1) is 10.1. The molecule has 2 nitrogen and oxygen atoms in total. The quantitative estimate of drug-likeness (QED) is 0.592. The van der Waals surface area contributed by atoms with E-state index in [2.05, 4.69) is 12.2 Å². The van der Waals surface area contributed by atoms with Crippen LogP contribution >= 0.6 is 35.6 Å².